The van der Waals surface area contributed by atoms with E-state index in [-0.39, 0.29) is 23.4 Å². The van der Waals surface area contributed by atoms with Crippen LogP contribution >= 0.6 is 46.5 Å². The lowest BCUT2D eigenvalue weighted by molar-refractivity contribution is -0.157. The van der Waals surface area contributed by atoms with Gasteiger partial charge >= 0.3 is 17.9 Å². The second kappa shape index (κ2) is 15.2. The lowest BCUT2D eigenvalue weighted by Gasteiger charge is -2.49. The zero-order valence-corrected chi connectivity index (χ0v) is 28.0. The number of rotatable bonds is 13. The van der Waals surface area contributed by atoms with Crippen LogP contribution in [0.5, 0.6) is 5.75 Å². The number of methoxy groups -OCH3 is 1. The Kier molecular flexibility index (Phi) is 11.1. The molecule has 5 rings (SSSR count). The van der Waals surface area contributed by atoms with Crippen molar-refractivity contribution < 1.29 is 43.3 Å². The fraction of sp³-hybridized carbons (Fsp3) is 0.300. The number of ether oxygens (including phenoxy) is 3. The van der Waals surface area contributed by atoms with Crippen LogP contribution in [0.3, 0.4) is 0 Å². The largest absolute Gasteiger partial charge is 0.497 e. The number of β-lactam (4-membered cyclic amide) rings is 1. The van der Waals surface area contributed by atoms with Crippen LogP contribution in [0.2, 0.25) is 0 Å². The summed E-state index contributed by atoms with van der Waals surface area (Å²) in [6.45, 7) is 1.84. The predicted octanol–water partition coefficient (Wildman–Crippen LogP) is 3.57. The van der Waals surface area contributed by atoms with E-state index in [1.807, 2.05) is 6.92 Å². The van der Waals surface area contributed by atoms with Crippen molar-refractivity contribution in [2.24, 2.45) is 0 Å². The molecule has 3 atom stereocenters. The number of aromatic nitrogens is 2. The third kappa shape index (κ3) is 7.89. The molecule has 2 unspecified atom stereocenters. The second-order valence-corrected chi connectivity index (χ2v) is 13.9. The van der Waals surface area contributed by atoms with E-state index < -0.39 is 53.1 Å². The summed E-state index contributed by atoms with van der Waals surface area (Å²) in [5.41, 5.74) is 1.58. The van der Waals surface area contributed by atoms with Gasteiger partial charge in [0.05, 0.1) is 12.7 Å². The van der Waals surface area contributed by atoms with Crippen LogP contribution in [-0.4, -0.2) is 85.8 Å². The molecule has 1 fully saturated rings. The lowest BCUT2D eigenvalue weighted by Crippen LogP contribution is -2.71. The van der Waals surface area contributed by atoms with Gasteiger partial charge in [0.2, 0.25) is 6.10 Å². The first-order valence-electron chi connectivity index (χ1n) is 13.9. The van der Waals surface area contributed by atoms with Gasteiger partial charge in [0.15, 0.2) is 4.34 Å². The van der Waals surface area contributed by atoms with E-state index in [9.17, 15) is 29.1 Å². The molecule has 3 heterocycles. The highest BCUT2D eigenvalue weighted by atomic mass is 35.5. The van der Waals surface area contributed by atoms with Gasteiger partial charge in [-0.15, -0.1) is 33.6 Å². The normalized spacial score (nSPS) is 17.7. The average molecular weight is 719 g/mol. The Morgan fingerprint density at radius 3 is 2.47 bits per heavy atom. The molecule has 1 saturated heterocycles. The second-order valence-electron chi connectivity index (χ2n) is 10.1. The summed E-state index contributed by atoms with van der Waals surface area (Å²) in [7, 11) is 1.55. The maximum absolute atomic E-state index is 13.4. The molecule has 2 aromatic carbocycles. The van der Waals surface area contributed by atoms with Crippen molar-refractivity contribution >= 4 is 76.2 Å². The molecule has 2 aliphatic heterocycles. The molecule has 0 bridgehead atoms. The Bertz CT molecular complexity index is 1720. The van der Waals surface area contributed by atoms with Gasteiger partial charge < -0.3 is 24.6 Å². The number of fused-ring (bicyclic) bond motifs is 1. The van der Waals surface area contributed by atoms with Gasteiger partial charge in [-0.25, -0.2) is 9.59 Å². The molecular formula is C30H27ClN4O9S3. The molecule has 2 N–H and O–H groups in total. The molecule has 1 aromatic heterocycles. The Morgan fingerprint density at radius 2 is 1.85 bits per heavy atom. The number of hydrogen-bond donors (Lipinski definition) is 2. The summed E-state index contributed by atoms with van der Waals surface area (Å²) in [6.07, 6.45) is -1.50. The summed E-state index contributed by atoms with van der Waals surface area (Å²) in [5.74, 6) is -3.42. The number of nitrogens with one attached hydrogen (secondary N) is 1. The minimum atomic E-state index is -1.50. The van der Waals surface area contributed by atoms with E-state index in [2.05, 4.69) is 15.5 Å². The highest BCUT2D eigenvalue weighted by molar-refractivity contribution is 8.01. The van der Waals surface area contributed by atoms with Crippen LogP contribution in [0.25, 0.3) is 0 Å². The number of amides is 2. The SMILES string of the molecule is COc1ccc(COC(=O)c2ccc(C(OC(=O)CCl)C(=O)NC3C(=O)N4C(C(=O)O)=C(CSc5nnc(C)s5)CS[C@H]34)cc2)cc1. The molecule has 0 radical (unpaired) electrons. The molecule has 3 aromatic rings. The first-order chi connectivity index (χ1) is 22.6. The molecule has 0 spiro atoms. The quantitative estimate of drug-likeness (QED) is 0.114. The van der Waals surface area contributed by atoms with E-state index in [0.29, 0.717) is 27.2 Å². The minimum Gasteiger partial charge on any atom is -0.497 e. The number of hydrogen-bond acceptors (Lipinski definition) is 13. The summed E-state index contributed by atoms with van der Waals surface area (Å²) < 4.78 is 16.5. The van der Waals surface area contributed by atoms with Crippen LogP contribution in [-0.2, 0) is 35.3 Å². The van der Waals surface area contributed by atoms with Crippen LogP contribution in [0.4, 0.5) is 0 Å². The van der Waals surface area contributed by atoms with Crippen LogP contribution in [0.1, 0.15) is 32.6 Å². The minimum absolute atomic E-state index is 0.0245. The number of thioether (sulfide) groups is 2. The Morgan fingerprint density at radius 1 is 1.13 bits per heavy atom. The number of aliphatic carboxylic acids is 1. The van der Waals surface area contributed by atoms with Crippen LogP contribution < -0.4 is 10.1 Å². The fourth-order valence-corrected chi connectivity index (χ4v) is 8.06. The monoisotopic (exact) mass is 718 g/mol. The number of carboxylic acids is 1. The van der Waals surface area contributed by atoms with E-state index in [4.69, 9.17) is 25.8 Å². The highest BCUT2D eigenvalue weighted by Gasteiger charge is 2.54. The third-order valence-electron chi connectivity index (χ3n) is 7.00. The number of carbonyl (C=O) groups excluding carboxylic acids is 4. The van der Waals surface area contributed by atoms with Crippen molar-refractivity contribution in [3.63, 3.8) is 0 Å². The molecule has 246 valence electrons. The molecular weight excluding hydrogens is 692 g/mol. The summed E-state index contributed by atoms with van der Waals surface area (Å²) >= 11 is 9.66. The number of aryl methyl sites for hydroxylation is 1. The third-order valence-corrected chi connectivity index (χ3v) is 10.6. The van der Waals surface area contributed by atoms with Crippen molar-refractivity contribution in [1.29, 1.82) is 0 Å². The molecule has 17 heteroatoms. The number of halogens is 1. The van der Waals surface area contributed by atoms with Gasteiger partial charge in [-0.3, -0.25) is 19.3 Å². The number of carboxylic acid groups (broad SMARTS) is 1. The summed E-state index contributed by atoms with van der Waals surface area (Å²) in [4.78, 5) is 64.8. The van der Waals surface area contributed by atoms with Crippen molar-refractivity contribution in [1.82, 2.24) is 20.4 Å². The van der Waals surface area contributed by atoms with Crippen molar-refractivity contribution in [3.05, 3.63) is 81.5 Å². The predicted molar refractivity (Wildman–Crippen MR) is 173 cm³/mol. The Balaban J connectivity index is 1.25. The molecule has 0 aliphatic carbocycles. The van der Waals surface area contributed by atoms with Gasteiger partial charge in [-0.2, -0.15) is 0 Å². The van der Waals surface area contributed by atoms with Gasteiger partial charge in [0.25, 0.3) is 11.8 Å². The van der Waals surface area contributed by atoms with Crippen molar-refractivity contribution in [2.75, 3.05) is 24.5 Å². The molecule has 0 saturated carbocycles. The van der Waals surface area contributed by atoms with Gasteiger partial charge in [0.1, 0.15) is 40.4 Å². The van der Waals surface area contributed by atoms with Crippen molar-refractivity contribution in [3.8, 4) is 5.75 Å². The topological polar surface area (TPSA) is 174 Å². The number of benzene rings is 2. The average Bonchev–Trinajstić information content (AvgIpc) is 3.51. The van der Waals surface area contributed by atoms with E-state index in [1.54, 1.807) is 31.4 Å². The van der Waals surface area contributed by atoms with Crippen LogP contribution in [0.15, 0.2) is 64.1 Å². The maximum Gasteiger partial charge on any atom is 0.352 e. The van der Waals surface area contributed by atoms with E-state index >= 15 is 0 Å². The summed E-state index contributed by atoms with van der Waals surface area (Å²) in [5, 5.41) is 20.7. The lowest BCUT2D eigenvalue weighted by atomic mass is 10.0. The molecule has 2 aliphatic rings. The Hall–Kier alpha value is -4.12. The first kappa shape index (κ1) is 34.2. The zero-order chi connectivity index (χ0) is 33.7. The molecule has 47 heavy (non-hydrogen) atoms. The fourth-order valence-electron chi connectivity index (χ4n) is 4.69. The van der Waals surface area contributed by atoms with Crippen LogP contribution in [0, 0.1) is 6.92 Å². The number of esters is 2. The van der Waals surface area contributed by atoms with Gasteiger partial charge in [-0.05, 0) is 42.3 Å². The van der Waals surface area contributed by atoms with Gasteiger partial charge in [-0.1, -0.05) is 47.4 Å². The highest BCUT2D eigenvalue weighted by Crippen LogP contribution is 2.42. The summed E-state index contributed by atoms with van der Waals surface area (Å²) in [6, 6.07) is 11.6. The van der Waals surface area contributed by atoms with E-state index in [0.717, 1.165) is 15.5 Å². The van der Waals surface area contributed by atoms with Crippen molar-refractivity contribution in [2.45, 2.75) is 35.4 Å². The molecule has 2 amide bonds. The van der Waals surface area contributed by atoms with E-state index in [1.165, 1.54) is 59.1 Å². The Labute approximate surface area is 286 Å². The maximum atomic E-state index is 13.4. The smallest absolute Gasteiger partial charge is 0.352 e. The van der Waals surface area contributed by atoms with Gasteiger partial charge in [0, 0.05) is 17.1 Å². The first-order valence-corrected chi connectivity index (χ1v) is 17.3. The number of nitrogens with zero attached hydrogens (tertiary/aromatic N) is 3. The number of carbonyl (C=O) groups is 5. The molecule has 13 nitrogen and oxygen atoms in total. The standard InChI is InChI=1S/C30H27ClN4O9S3/c1-15-33-34-30(47-15)46-14-19-13-45-27-22(26(38)35(27)23(19)28(39)40)32-25(37)24(44-21(36)11-31)17-5-7-18(8-6-17)29(41)43-12-16-3-9-20(42-2)10-4-16/h3-10,22,24,27H,11-14H2,1-2H3,(H,32,37)(H,39,40)/t22?,24?,27-/m1/s1. The zero-order valence-electron chi connectivity index (χ0n) is 24.8. The number of alkyl halides is 1.